The van der Waals surface area contributed by atoms with Crippen molar-refractivity contribution in [3.8, 4) is 11.5 Å². The molecule has 0 aliphatic heterocycles. The zero-order valence-electron chi connectivity index (χ0n) is 15.8. The van der Waals surface area contributed by atoms with Gasteiger partial charge in [0.2, 0.25) is 0 Å². The van der Waals surface area contributed by atoms with Crippen molar-refractivity contribution >= 4 is 29.4 Å². The van der Waals surface area contributed by atoms with Crippen LogP contribution in [0.4, 0.5) is 0 Å². The van der Waals surface area contributed by atoms with E-state index < -0.39 is 5.97 Å². The van der Waals surface area contributed by atoms with Gasteiger partial charge >= 0.3 is 5.97 Å². The number of halogens is 1. The van der Waals surface area contributed by atoms with E-state index in [1.54, 1.807) is 54.6 Å². The molecule has 0 fully saturated rings. The Bertz CT molecular complexity index is 1020. The number of ketones is 1. The standard InChI is InChI=1S/C24H19ClO4/c1-2-28-19-12-7-17(8-13-19)9-16-23(26)18-10-14-20(15-11-18)29-24(27)21-5-3-4-6-22(21)25/h3-16H,2H2,1H3. The highest BCUT2D eigenvalue weighted by atomic mass is 35.5. The first-order chi connectivity index (χ1) is 14.1. The van der Waals surface area contributed by atoms with Crippen LogP contribution in [-0.2, 0) is 0 Å². The van der Waals surface area contributed by atoms with E-state index in [9.17, 15) is 9.59 Å². The third kappa shape index (κ3) is 5.56. The zero-order valence-corrected chi connectivity index (χ0v) is 16.6. The normalized spacial score (nSPS) is 10.7. The first-order valence-corrected chi connectivity index (χ1v) is 9.46. The summed E-state index contributed by atoms with van der Waals surface area (Å²) >= 11 is 6.00. The third-order valence-corrected chi connectivity index (χ3v) is 4.39. The van der Waals surface area contributed by atoms with Gasteiger partial charge in [0.1, 0.15) is 11.5 Å². The number of carbonyl (C=O) groups is 2. The third-order valence-electron chi connectivity index (χ3n) is 4.06. The van der Waals surface area contributed by atoms with Gasteiger partial charge in [-0.15, -0.1) is 0 Å². The van der Waals surface area contributed by atoms with Crippen LogP contribution in [0.5, 0.6) is 11.5 Å². The molecule has 146 valence electrons. The molecule has 0 unspecified atom stereocenters. The fraction of sp³-hybridized carbons (Fsp3) is 0.0833. The first kappa shape index (κ1) is 20.4. The molecule has 0 heterocycles. The van der Waals surface area contributed by atoms with Crippen molar-refractivity contribution in [1.29, 1.82) is 0 Å². The van der Waals surface area contributed by atoms with Crippen LogP contribution in [0.25, 0.3) is 6.08 Å². The summed E-state index contributed by atoms with van der Waals surface area (Å²) in [4.78, 5) is 24.5. The van der Waals surface area contributed by atoms with Crippen molar-refractivity contribution in [2.45, 2.75) is 6.92 Å². The molecule has 0 spiro atoms. The Kier molecular flexibility index (Phi) is 6.82. The summed E-state index contributed by atoms with van der Waals surface area (Å²) in [7, 11) is 0. The average Bonchev–Trinajstić information content (AvgIpc) is 2.74. The van der Waals surface area contributed by atoms with Crippen LogP contribution in [0, 0.1) is 0 Å². The number of hydrogen-bond acceptors (Lipinski definition) is 4. The lowest BCUT2D eigenvalue weighted by molar-refractivity contribution is 0.0735. The highest BCUT2D eigenvalue weighted by Gasteiger charge is 2.12. The van der Waals surface area contributed by atoms with Gasteiger partial charge in [0, 0.05) is 5.56 Å². The molecule has 4 nitrogen and oxygen atoms in total. The van der Waals surface area contributed by atoms with Crippen molar-refractivity contribution in [2.75, 3.05) is 6.61 Å². The number of benzene rings is 3. The molecule has 0 atom stereocenters. The SMILES string of the molecule is CCOc1ccc(C=CC(=O)c2ccc(OC(=O)c3ccccc3Cl)cc2)cc1. The molecule has 3 aromatic rings. The van der Waals surface area contributed by atoms with E-state index in [1.807, 2.05) is 31.2 Å². The minimum absolute atomic E-state index is 0.150. The summed E-state index contributed by atoms with van der Waals surface area (Å²) in [5.74, 6) is 0.424. The van der Waals surface area contributed by atoms with Gasteiger partial charge in [-0.3, -0.25) is 4.79 Å². The van der Waals surface area contributed by atoms with E-state index in [2.05, 4.69) is 0 Å². The van der Waals surface area contributed by atoms with Crippen LogP contribution < -0.4 is 9.47 Å². The number of hydrogen-bond donors (Lipinski definition) is 0. The number of carbonyl (C=O) groups excluding carboxylic acids is 2. The fourth-order valence-electron chi connectivity index (χ4n) is 2.59. The van der Waals surface area contributed by atoms with Crippen LogP contribution in [0.1, 0.15) is 33.2 Å². The van der Waals surface area contributed by atoms with Crippen molar-refractivity contribution in [1.82, 2.24) is 0 Å². The zero-order chi connectivity index (χ0) is 20.6. The van der Waals surface area contributed by atoms with Crippen LogP contribution in [0.3, 0.4) is 0 Å². The molecule has 3 rings (SSSR count). The van der Waals surface area contributed by atoms with Crippen molar-refractivity contribution < 1.29 is 19.1 Å². The van der Waals surface area contributed by atoms with Crippen LogP contribution in [-0.4, -0.2) is 18.4 Å². The summed E-state index contributed by atoms with van der Waals surface area (Å²) in [6.45, 7) is 2.53. The van der Waals surface area contributed by atoms with Crippen LogP contribution >= 0.6 is 11.6 Å². The molecule has 0 saturated heterocycles. The summed E-state index contributed by atoms with van der Waals surface area (Å²) in [6, 6.07) is 20.5. The van der Waals surface area contributed by atoms with Gasteiger partial charge in [0.05, 0.1) is 17.2 Å². The second-order valence-corrected chi connectivity index (χ2v) is 6.50. The molecule has 0 amide bonds. The molecule has 0 aliphatic carbocycles. The van der Waals surface area contributed by atoms with Gasteiger partial charge in [-0.05, 0) is 67.1 Å². The largest absolute Gasteiger partial charge is 0.494 e. The van der Waals surface area contributed by atoms with Gasteiger partial charge < -0.3 is 9.47 Å². The quantitative estimate of drug-likeness (QED) is 0.213. The van der Waals surface area contributed by atoms with Gasteiger partial charge in [-0.1, -0.05) is 41.9 Å². The monoisotopic (exact) mass is 406 g/mol. The van der Waals surface area contributed by atoms with Crippen LogP contribution in [0.15, 0.2) is 78.9 Å². The summed E-state index contributed by atoms with van der Waals surface area (Å²) in [5, 5.41) is 0.323. The molecule has 0 aromatic heterocycles. The topological polar surface area (TPSA) is 52.6 Å². The predicted molar refractivity (Wildman–Crippen MR) is 114 cm³/mol. The van der Waals surface area contributed by atoms with Crippen molar-refractivity contribution in [3.05, 3.63) is 101 Å². The molecule has 3 aromatic carbocycles. The molecule has 0 N–H and O–H groups in total. The number of rotatable bonds is 7. The number of allylic oxidation sites excluding steroid dienone is 1. The van der Waals surface area contributed by atoms with Crippen LogP contribution in [0.2, 0.25) is 5.02 Å². The predicted octanol–water partition coefficient (Wildman–Crippen LogP) is 5.85. The fourth-order valence-corrected chi connectivity index (χ4v) is 2.80. The van der Waals surface area contributed by atoms with E-state index >= 15 is 0 Å². The number of ether oxygens (including phenoxy) is 2. The minimum atomic E-state index is -0.551. The second-order valence-electron chi connectivity index (χ2n) is 6.09. The molecular formula is C24H19ClO4. The lowest BCUT2D eigenvalue weighted by Crippen LogP contribution is -2.09. The van der Waals surface area contributed by atoms with E-state index in [0.29, 0.717) is 22.9 Å². The van der Waals surface area contributed by atoms with Gasteiger partial charge in [-0.25, -0.2) is 4.79 Å². The molecule has 0 bridgehead atoms. The summed E-state index contributed by atoms with van der Waals surface area (Å²) in [6.07, 6.45) is 3.24. The molecule has 29 heavy (non-hydrogen) atoms. The van der Waals surface area contributed by atoms with E-state index in [4.69, 9.17) is 21.1 Å². The highest BCUT2D eigenvalue weighted by molar-refractivity contribution is 6.33. The Morgan fingerprint density at radius 1 is 0.897 bits per heavy atom. The van der Waals surface area contributed by atoms with Gasteiger partial charge in [0.15, 0.2) is 5.78 Å². The lowest BCUT2D eigenvalue weighted by atomic mass is 10.1. The summed E-state index contributed by atoms with van der Waals surface area (Å²) < 4.78 is 10.7. The Hall–Kier alpha value is -3.37. The molecular weight excluding hydrogens is 388 g/mol. The average molecular weight is 407 g/mol. The van der Waals surface area contributed by atoms with E-state index in [1.165, 1.54) is 6.08 Å². The van der Waals surface area contributed by atoms with E-state index in [0.717, 1.165) is 11.3 Å². The molecule has 0 aliphatic rings. The second kappa shape index (κ2) is 9.71. The van der Waals surface area contributed by atoms with E-state index in [-0.39, 0.29) is 11.3 Å². The van der Waals surface area contributed by atoms with Crippen molar-refractivity contribution in [3.63, 3.8) is 0 Å². The highest BCUT2D eigenvalue weighted by Crippen LogP contribution is 2.20. The summed E-state index contributed by atoms with van der Waals surface area (Å²) in [5.41, 5.74) is 1.67. The Balaban J connectivity index is 1.62. The smallest absolute Gasteiger partial charge is 0.345 e. The first-order valence-electron chi connectivity index (χ1n) is 9.09. The maximum atomic E-state index is 12.4. The minimum Gasteiger partial charge on any atom is -0.494 e. The Morgan fingerprint density at radius 3 is 2.21 bits per heavy atom. The van der Waals surface area contributed by atoms with Gasteiger partial charge in [-0.2, -0.15) is 0 Å². The maximum absolute atomic E-state index is 12.4. The Labute approximate surface area is 174 Å². The molecule has 0 saturated carbocycles. The number of esters is 1. The van der Waals surface area contributed by atoms with Gasteiger partial charge in [0.25, 0.3) is 0 Å². The molecule has 5 heteroatoms. The van der Waals surface area contributed by atoms with Crippen molar-refractivity contribution in [2.24, 2.45) is 0 Å². The maximum Gasteiger partial charge on any atom is 0.345 e. The lowest BCUT2D eigenvalue weighted by Gasteiger charge is -2.06. The molecule has 0 radical (unpaired) electrons. The Morgan fingerprint density at radius 2 is 1.55 bits per heavy atom.